The summed E-state index contributed by atoms with van der Waals surface area (Å²) < 4.78 is 15.4. The Morgan fingerprint density at radius 1 is 1.12 bits per heavy atom. The lowest BCUT2D eigenvalue weighted by Gasteiger charge is -2.11. The average molecular weight is 345 g/mol. The van der Waals surface area contributed by atoms with Crippen LogP contribution in [0.5, 0.6) is 11.5 Å². The van der Waals surface area contributed by atoms with E-state index in [0.29, 0.717) is 28.5 Å². The lowest BCUT2D eigenvalue weighted by atomic mass is 10.2. The van der Waals surface area contributed by atoms with Gasteiger partial charge in [-0.3, -0.25) is 20.4 Å². The number of hydrazine groups is 1. The zero-order valence-corrected chi connectivity index (χ0v) is 13.9. The van der Waals surface area contributed by atoms with Crippen LogP contribution in [-0.2, 0) is 4.79 Å². The van der Waals surface area contributed by atoms with E-state index in [4.69, 9.17) is 13.9 Å². The molecule has 1 aromatic heterocycles. The lowest BCUT2D eigenvalue weighted by Crippen LogP contribution is -2.42. The molecular formula is C17H19N3O5. The van der Waals surface area contributed by atoms with Crippen molar-refractivity contribution in [2.45, 2.75) is 0 Å². The number of carbonyl (C=O) groups excluding carboxylic acids is 2. The second-order valence-corrected chi connectivity index (χ2v) is 4.88. The number of methoxy groups -OCH3 is 2. The summed E-state index contributed by atoms with van der Waals surface area (Å²) in [5.41, 5.74) is 5.76. The van der Waals surface area contributed by atoms with Crippen LogP contribution >= 0.6 is 0 Å². The van der Waals surface area contributed by atoms with Gasteiger partial charge in [0.2, 0.25) is 0 Å². The Kier molecular flexibility index (Phi) is 6.05. The maximum atomic E-state index is 12.1. The van der Waals surface area contributed by atoms with Gasteiger partial charge in [0.25, 0.3) is 11.8 Å². The fraction of sp³-hybridized carbons (Fsp3) is 0.176. The first kappa shape index (κ1) is 17.9. The van der Waals surface area contributed by atoms with E-state index in [1.165, 1.54) is 26.5 Å². The van der Waals surface area contributed by atoms with Gasteiger partial charge in [-0.25, -0.2) is 0 Å². The Balaban J connectivity index is 1.83. The van der Waals surface area contributed by atoms with E-state index >= 15 is 0 Å². The SMILES string of the molecule is C=C(NNC(=O)CNC(=O)c1ccc(OC)c(OC)c1)c1ccco1. The molecule has 8 nitrogen and oxygen atoms in total. The summed E-state index contributed by atoms with van der Waals surface area (Å²) in [6.07, 6.45) is 1.49. The van der Waals surface area contributed by atoms with E-state index in [0.717, 1.165) is 0 Å². The highest BCUT2D eigenvalue weighted by Gasteiger charge is 2.12. The lowest BCUT2D eigenvalue weighted by molar-refractivity contribution is -0.120. The number of amides is 2. The molecule has 0 atom stereocenters. The van der Waals surface area contributed by atoms with Crippen molar-refractivity contribution < 1.29 is 23.5 Å². The highest BCUT2D eigenvalue weighted by molar-refractivity contribution is 5.97. The Morgan fingerprint density at radius 2 is 1.88 bits per heavy atom. The Hall–Kier alpha value is -3.42. The third-order valence-corrected chi connectivity index (χ3v) is 3.23. The predicted octanol–water partition coefficient (Wildman–Crippen LogP) is 1.32. The molecule has 0 aliphatic heterocycles. The molecule has 0 aliphatic carbocycles. The molecule has 0 unspecified atom stereocenters. The quantitative estimate of drug-likeness (QED) is 0.624. The van der Waals surface area contributed by atoms with Crippen molar-refractivity contribution in [3.8, 4) is 11.5 Å². The van der Waals surface area contributed by atoms with Gasteiger partial charge in [-0.05, 0) is 30.3 Å². The summed E-state index contributed by atoms with van der Waals surface area (Å²) in [5, 5.41) is 2.51. The second kappa shape index (κ2) is 8.44. The molecular weight excluding hydrogens is 326 g/mol. The summed E-state index contributed by atoms with van der Waals surface area (Å²) in [4.78, 5) is 23.9. The summed E-state index contributed by atoms with van der Waals surface area (Å²) in [6, 6.07) is 8.12. The van der Waals surface area contributed by atoms with Crippen LogP contribution in [-0.4, -0.2) is 32.6 Å². The fourth-order valence-electron chi connectivity index (χ4n) is 1.94. The number of hydrogen-bond acceptors (Lipinski definition) is 6. The van der Waals surface area contributed by atoms with Crippen molar-refractivity contribution >= 4 is 17.5 Å². The summed E-state index contributed by atoms with van der Waals surface area (Å²) >= 11 is 0. The van der Waals surface area contributed by atoms with Crippen LogP contribution in [0.3, 0.4) is 0 Å². The Labute approximate surface area is 144 Å². The second-order valence-electron chi connectivity index (χ2n) is 4.88. The van der Waals surface area contributed by atoms with Gasteiger partial charge in [0, 0.05) is 5.56 Å². The van der Waals surface area contributed by atoms with Crippen LogP contribution in [0.2, 0.25) is 0 Å². The number of benzene rings is 1. The highest BCUT2D eigenvalue weighted by atomic mass is 16.5. The van der Waals surface area contributed by atoms with Crippen molar-refractivity contribution in [1.29, 1.82) is 0 Å². The van der Waals surface area contributed by atoms with E-state index in [9.17, 15) is 9.59 Å². The minimum atomic E-state index is -0.443. The zero-order valence-electron chi connectivity index (χ0n) is 13.9. The monoisotopic (exact) mass is 345 g/mol. The summed E-state index contributed by atoms with van der Waals surface area (Å²) in [7, 11) is 2.98. The standard InChI is InChI=1S/C17H19N3O5/c1-11(13-5-4-8-25-13)19-20-16(21)10-18-17(22)12-6-7-14(23-2)15(9-12)24-3/h4-9,19H,1,10H2,2-3H3,(H,18,22)(H,20,21). The van der Waals surface area contributed by atoms with Gasteiger partial charge in [0.1, 0.15) is 0 Å². The van der Waals surface area contributed by atoms with Crippen LogP contribution < -0.4 is 25.6 Å². The van der Waals surface area contributed by atoms with E-state index in [1.807, 2.05) is 0 Å². The van der Waals surface area contributed by atoms with Crippen molar-refractivity contribution in [3.63, 3.8) is 0 Å². The first-order chi connectivity index (χ1) is 12.0. The molecule has 1 heterocycles. The Bertz CT molecular complexity index is 756. The minimum Gasteiger partial charge on any atom is -0.493 e. The largest absolute Gasteiger partial charge is 0.493 e. The molecule has 3 N–H and O–H groups in total. The number of rotatable bonds is 8. The molecule has 2 aromatic rings. The first-order valence-corrected chi connectivity index (χ1v) is 7.33. The zero-order chi connectivity index (χ0) is 18.2. The number of ether oxygens (including phenoxy) is 2. The van der Waals surface area contributed by atoms with Crippen LogP contribution in [0.25, 0.3) is 5.70 Å². The van der Waals surface area contributed by atoms with Crippen molar-refractivity contribution in [1.82, 2.24) is 16.2 Å². The third-order valence-electron chi connectivity index (χ3n) is 3.23. The average Bonchev–Trinajstić information content (AvgIpc) is 3.18. The van der Waals surface area contributed by atoms with Crippen LogP contribution in [0.15, 0.2) is 47.6 Å². The molecule has 0 saturated heterocycles. The number of hydrogen-bond donors (Lipinski definition) is 3. The molecule has 8 heteroatoms. The fourth-order valence-corrected chi connectivity index (χ4v) is 1.94. The van der Waals surface area contributed by atoms with Gasteiger partial charge < -0.3 is 19.2 Å². The normalized spacial score (nSPS) is 9.84. The van der Waals surface area contributed by atoms with Crippen molar-refractivity contribution in [2.24, 2.45) is 0 Å². The number of carbonyl (C=O) groups is 2. The van der Waals surface area contributed by atoms with Crippen molar-refractivity contribution in [2.75, 3.05) is 20.8 Å². The molecule has 0 radical (unpaired) electrons. The van der Waals surface area contributed by atoms with Gasteiger partial charge >= 0.3 is 0 Å². The van der Waals surface area contributed by atoms with Gasteiger partial charge in [-0.2, -0.15) is 0 Å². The van der Waals surface area contributed by atoms with Gasteiger partial charge in [0.15, 0.2) is 17.3 Å². The number of nitrogens with one attached hydrogen (secondary N) is 3. The number of furan rings is 1. The van der Waals surface area contributed by atoms with Gasteiger partial charge in [0.05, 0.1) is 32.7 Å². The van der Waals surface area contributed by atoms with Crippen LogP contribution in [0.4, 0.5) is 0 Å². The van der Waals surface area contributed by atoms with Crippen molar-refractivity contribution in [3.05, 3.63) is 54.5 Å². The minimum absolute atomic E-state index is 0.217. The van der Waals surface area contributed by atoms with E-state index < -0.39 is 11.8 Å². The smallest absolute Gasteiger partial charge is 0.257 e. The molecule has 25 heavy (non-hydrogen) atoms. The van der Waals surface area contributed by atoms with E-state index in [-0.39, 0.29) is 6.54 Å². The molecule has 0 bridgehead atoms. The van der Waals surface area contributed by atoms with Gasteiger partial charge in [-0.15, -0.1) is 0 Å². The first-order valence-electron chi connectivity index (χ1n) is 7.33. The summed E-state index contributed by atoms with van der Waals surface area (Å²) in [5.74, 6) is 0.575. The third kappa shape index (κ3) is 4.77. The molecule has 2 rings (SSSR count). The molecule has 0 spiro atoms. The van der Waals surface area contributed by atoms with Crippen LogP contribution in [0, 0.1) is 0 Å². The molecule has 0 saturated carbocycles. The molecule has 0 fully saturated rings. The van der Waals surface area contributed by atoms with Gasteiger partial charge in [-0.1, -0.05) is 6.58 Å². The molecule has 2 amide bonds. The highest BCUT2D eigenvalue weighted by Crippen LogP contribution is 2.27. The Morgan fingerprint density at radius 3 is 2.52 bits per heavy atom. The predicted molar refractivity (Wildman–Crippen MR) is 90.9 cm³/mol. The molecule has 1 aromatic carbocycles. The van der Waals surface area contributed by atoms with E-state index in [1.54, 1.807) is 24.3 Å². The maximum absolute atomic E-state index is 12.1. The molecule has 0 aliphatic rings. The summed E-state index contributed by atoms with van der Waals surface area (Å²) in [6.45, 7) is 3.50. The van der Waals surface area contributed by atoms with E-state index in [2.05, 4.69) is 22.7 Å². The maximum Gasteiger partial charge on any atom is 0.257 e. The molecule has 132 valence electrons. The van der Waals surface area contributed by atoms with Crippen LogP contribution in [0.1, 0.15) is 16.1 Å². The topological polar surface area (TPSA) is 102 Å².